The smallest absolute Gasteiger partial charge is 0.154 e. The fourth-order valence-electron chi connectivity index (χ4n) is 1.19. The topological polar surface area (TPSA) is 43.1 Å². The summed E-state index contributed by atoms with van der Waals surface area (Å²) in [6.07, 6.45) is 0.460. The number of Topliss-reactive ketones (excluding diaryl/α,β-unsaturated/α-hetero) is 1. The third kappa shape index (κ3) is 2.93. The van der Waals surface area contributed by atoms with Gasteiger partial charge in [0.25, 0.3) is 0 Å². The molecule has 78 valence electrons. The van der Waals surface area contributed by atoms with Gasteiger partial charge in [-0.3, -0.25) is 4.79 Å². The van der Waals surface area contributed by atoms with Crippen LogP contribution >= 0.6 is 11.3 Å². The van der Waals surface area contributed by atoms with E-state index in [9.17, 15) is 4.79 Å². The quantitative estimate of drug-likeness (QED) is 0.833. The molecule has 1 atom stereocenters. The zero-order valence-electron chi connectivity index (χ0n) is 8.91. The van der Waals surface area contributed by atoms with E-state index >= 15 is 0 Å². The lowest BCUT2D eigenvalue weighted by molar-refractivity contribution is -0.121. The molecule has 1 heterocycles. The maximum Gasteiger partial charge on any atom is 0.154 e. The van der Waals surface area contributed by atoms with Crippen LogP contribution in [0.4, 0.5) is 0 Å². The number of ketones is 1. The third-order valence-electron chi connectivity index (χ3n) is 2.24. The second-order valence-electron chi connectivity index (χ2n) is 4.62. The van der Waals surface area contributed by atoms with Crippen molar-refractivity contribution in [1.82, 2.24) is 0 Å². The molecule has 2 N–H and O–H groups in total. The van der Waals surface area contributed by atoms with E-state index < -0.39 is 0 Å². The molecule has 1 aromatic rings. The Hall–Kier alpha value is -0.670. The number of hydrogen-bond donors (Lipinski definition) is 1. The van der Waals surface area contributed by atoms with Crippen molar-refractivity contribution in [2.45, 2.75) is 33.2 Å². The number of carbonyl (C=O) groups excluding carboxylic acids is 1. The molecule has 0 amide bonds. The SMILES string of the molecule is CC(C)(C)C(N)C(=O)Cc1ccsc1. The van der Waals surface area contributed by atoms with Gasteiger partial charge in [0.15, 0.2) is 5.78 Å². The number of carbonyl (C=O) groups is 1. The van der Waals surface area contributed by atoms with Gasteiger partial charge in [-0.25, -0.2) is 0 Å². The largest absolute Gasteiger partial charge is 0.321 e. The van der Waals surface area contributed by atoms with Crippen molar-refractivity contribution in [3.8, 4) is 0 Å². The van der Waals surface area contributed by atoms with Crippen molar-refractivity contribution in [1.29, 1.82) is 0 Å². The summed E-state index contributed by atoms with van der Waals surface area (Å²) in [5, 5.41) is 3.97. The predicted octanol–water partition coefficient (Wildman–Crippen LogP) is 2.23. The first kappa shape index (κ1) is 11.4. The van der Waals surface area contributed by atoms with Crippen LogP contribution < -0.4 is 5.73 Å². The van der Waals surface area contributed by atoms with E-state index in [1.54, 1.807) is 11.3 Å². The summed E-state index contributed by atoms with van der Waals surface area (Å²) in [6.45, 7) is 5.97. The van der Waals surface area contributed by atoms with Gasteiger partial charge in [-0.05, 0) is 27.8 Å². The van der Waals surface area contributed by atoms with E-state index in [0.29, 0.717) is 6.42 Å². The second-order valence-corrected chi connectivity index (χ2v) is 5.40. The molecular weight excluding hydrogens is 194 g/mol. The summed E-state index contributed by atoms with van der Waals surface area (Å²) >= 11 is 1.61. The predicted molar refractivity (Wildman–Crippen MR) is 60.5 cm³/mol. The lowest BCUT2D eigenvalue weighted by atomic mass is 9.83. The zero-order chi connectivity index (χ0) is 10.8. The van der Waals surface area contributed by atoms with Crippen LogP contribution in [0.5, 0.6) is 0 Å². The maximum atomic E-state index is 11.7. The molecule has 1 unspecified atom stereocenters. The van der Waals surface area contributed by atoms with Gasteiger partial charge in [0, 0.05) is 6.42 Å². The van der Waals surface area contributed by atoms with E-state index in [-0.39, 0.29) is 17.2 Å². The summed E-state index contributed by atoms with van der Waals surface area (Å²) in [5.41, 5.74) is 6.79. The molecule has 0 aliphatic rings. The van der Waals surface area contributed by atoms with Crippen molar-refractivity contribution >= 4 is 17.1 Å². The minimum Gasteiger partial charge on any atom is -0.321 e. The molecule has 14 heavy (non-hydrogen) atoms. The van der Waals surface area contributed by atoms with Crippen LogP contribution in [0.2, 0.25) is 0 Å². The Morgan fingerprint density at radius 2 is 2.21 bits per heavy atom. The van der Waals surface area contributed by atoms with E-state index in [2.05, 4.69) is 0 Å². The first-order valence-corrected chi connectivity index (χ1v) is 5.65. The minimum absolute atomic E-state index is 0.121. The van der Waals surface area contributed by atoms with Gasteiger partial charge in [0.2, 0.25) is 0 Å². The average Bonchev–Trinajstić information content (AvgIpc) is 2.53. The third-order valence-corrected chi connectivity index (χ3v) is 2.97. The molecule has 0 saturated carbocycles. The lowest BCUT2D eigenvalue weighted by Crippen LogP contribution is -2.43. The summed E-state index contributed by atoms with van der Waals surface area (Å²) in [4.78, 5) is 11.7. The first-order valence-electron chi connectivity index (χ1n) is 4.70. The molecule has 0 bridgehead atoms. The fourth-order valence-corrected chi connectivity index (χ4v) is 1.86. The van der Waals surface area contributed by atoms with Crippen LogP contribution in [0.25, 0.3) is 0 Å². The molecule has 3 heteroatoms. The number of rotatable bonds is 3. The minimum atomic E-state index is -0.373. The van der Waals surface area contributed by atoms with Gasteiger partial charge in [-0.1, -0.05) is 20.8 Å². The first-order chi connectivity index (χ1) is 6.41. The highest BCUT2D eigenvalue weighted by atomic mass is 32.1. The van der Waals surface area contributed by atoms with E-state index in [4.69, 9.17) is 5.73 Å². The van der Waals surface area contributed by atoms with Crippen molar-refractivity contribution in [3.05, 3.63) is 22.4 Å². The van der Waals surface area contributed by atoms with Gasteiger partial charge >= 0.3 is 0 Å². The van der Waals surface area contributed by atoms with E-state index in [0.717, 1.165) is 5.56 Å². The van der Waals surface area contributed by atoms with Crippen molar-refractivity contribution in [2.75, 3.05) is 0 Å². The molecule has 0 saturated heterocycles. The molecule has 0 spiro atoms. The highest BCUT2D eigenvalue weighted by molar-refractivity contribution is 7.07. The average molecular weight is 211 g/mol. The van der Waals surface area contributed by atoms with Crippen LogP contribution in [0.3, 0.4) is 0 Å². The highest BCUT2D eigenvalue weighted by Crippen LogP contribution is 2.19. The molecular formula is C11H17NOS. The standard InChI is InChI=1S/C11H17NOS/c1-11(2,3)10(12)9(13)6-8-4-5-14-7-8/h4-5,7,10H,6,12H2,1-3H3. The van der Waals surface area contributed by atoms with Crippen molar-refractivity contribution < 1.29 is 4.79 Å². The Balaban J connectivity index is 2.59. The Kier molecular flexibility index (Phi) is 3.45. The normalized spacial score (nSPS) is 14.0. The van der Waals surface area contributed by atoms with E-state index in [1.165, 1.54) is 0 Å². The molecule has 0 aliphatic heterocycles. The van der Waals surface area contributed by atoms with Crippen molar-refractivity contribution in [3.63, 3.8) is 0 Å². The second kappa shape index (κ2) is 4.24. The van der Waals surface area contributed by atoms with Crippen LogP contribution in [0, 0.1) is 5.41 Å². The Bertz CT molecular complexity index is 298. The number of nitrogens with two attached hydrogens (primary N) is 1. The molecule has 0 aromatic carbocycles. The van der Waals surface area contributed by atoms with Crippen molar-refractivity contribution in [2.24, 2.45) is 11.1 Å². The van der Waals surface area contributed by atoms with Gasteiger partial charge in [-0.15, -0.1) is 0 Å². The molecule has 0 radical (unpaired) electrons. The van der Waals surface area contributed by atoms with Crippen LogP contribution in [-0.4, -0.2) is 11.8 Å². The number of thiophene rings is 1. The Morgan fingerprint density at radius 1 is 1.57 bits per heavy atom. The molecule has 1 aromatic heterocycles. The van der Waals surface area contributed by atoms with Gasteiger partial charge in [0.1, 0.15) is 0 Å². The monoisotopic (exact) mass is 211 g/mol. The Morgan fingerprint density at radius 3 is 2.64 bits per heavy atom. The van der Waals surface area contributed by atoms with Crippen LogP contribution in [-0.2, 0) is 11.2 Å². The molecule has 0 fully saturated rings. The summed E-state index contributed by atoms with van der Waals surface area (Å²) in [6, 6.07) is 1.60. The van der Waals surface area contributed by atoms with Gasteiger partial charge in [-0.2, -0.15) is 11.3 Å². The van der Waals surface area contributed by atoms with Crippen LogP contribution in [0.15, 0.2) is 16.8 Å². The van der Waals surface area contributed by atoms with Gasteiger partial charge in [0.05, 0.1) is 6.04 Å². The fraction of sp³-hybridized carbons (Fsp3) is 0.545. The maximum absolute atomic E-state index is 11.7. The highest BCUT2D eigenvalue weighted by Gasteiger charge is 2.26. The lowest BCUT2D eigenvalue weighted by Gasteiger charge is -2.25. The summed E-state index contributed by atoms with van der Waals surface area (Å²) in [5.74, 6) is 0.121. The summed E-state index contributed by atoms with van der Waals surface area (Å²) < 4.78 is 0. The van der Waals surface area contributed by atoms with E-state index in [1.807, 2.05) is 37.6 Å². The number of hydrogen-bond acceptors (Lipinski definition) is 3. The Labute approximate surface area is 89.1 Å². The molecule has 2 nitrogen and oxygen atoms in total. The molecule has 1 rings (SSSR count). The molecule has 0 aliphatic carbocycles. The summed E-state index contributed by atoms with van der Waals surface area (Å²) in [7, 11) is 0. The zero-order valence-corrected chi connectivity index (χ0v) is 9.73. The van der Waals surface area contributed by atoms with Gasteiger partial charge < -0.3 is 5.73 Å². The van der Waals surface area contributed by atoms with Crippen LogP contribution in [0.1, 0.15) is 26.3 Å².